The van der Waals surface area contributed by atoms with E-state index >= 15 is 0 Å². The average molecular weight is 374 g/mol. The lowest BCUT2D eigenvalue weighted by Crippen LogP contribution is -2.38. The first-order chi connectivity index (χ1) is 13.7. The number of carbonyl (C=O) groups is 1. The second-order valence-corrected chi connectivity index (χ2v) is 6.72. The number of hydrogen-bond acceptors (Lipinski definition) is 5. The summed E-state index contributed by atoms with van der Waals surface area (Å²) in [5, 5.41) is 18.0. The van der Waals surface area contributed by atoms with Gasteiger partial charge in [0.15, 0.2) is 6.61 Å². The van der Waals surface area contributed by atoms with Gasteiger partial charge in [0.1, 0.15) is 11.8 Å². The van der Waals surface area contributed by atoms with Crippen LogP contribution in [0.1, 0.15) is 23.1 Å². The van der Waals surface area contributed by atoms with Crippen molar-refractivity contribution in [1.82, 2.24) is 9.80 Å². The predicted molar refractivity (Wildman–Crippen MR) is 104 cm³/mol. The Kier molecular flexibility index (Phi) is 6.62. The number of hydrogen-bond donors (Lipinski definition) is 0. The number of rotatable bonds is 5. The summed E-state index contributed by atoms with van der Waals surface area (Å²) >= 11 is 0. The fourth-order valence-electron chi connectivity index (χ4n) is 3.24. The molecule has 0 aromatic heterocycles. The van der Waals surface area contributed by atoms with Crippen molar-refractivity contribution in [1.29, 1.82) is 10.5 Å². The van der Waals surface area contributed by atoms with Gasteiger partial charge in [-0.05, 0) is 36.2 Å². The second kappa shape index (κ2) is 9.55. The van der Waals surface area contributed by atoms with Crippen molar-refractivity contribution in [3.8, 4) is 17.9 Å². The van der Waals surface area contributed by atoms with Crippen molar-refractivity contribution in [3.63, 3.8) is 0 Å². The highest BCUT2D eigenvalue weighted by molar-refractivity contribution is 5.77. The minimum Gasteiger partial charge on any atom is -0.482 e. The van der Waals surface area contributed by atoms with Gasteiger partial charge in [-0.3, -0.25) is 9.69 Å². The molecule has 6 nitrogen and oxygen atoms in total. The van der Waals surface area contributed by atoms with Crippen LogP contribution in [0.5, 0.6) is 5.75 Å². The summed E-state index contributed by atoms with van der Waals surface area (Å²) in [5.41, 5.74) is 2.25. The lowest BCUT2D eigenvalue weighted by atomic mass is 10.1. The van der Waals surface area contributed by atoms with Gasteiger partial charge in [0.25, 0.3) is 5.91 Å². The molecule has 0 bridgehead atoms. The molecule has 2 aromatic carbocycles. The Morgan fingerprint density at radius 2 is 1.75 bits per heavy atom. The zero-order chi connectivity index (χ0) is 19.8. The molecule has 1 fully saturated rings. The molecular weight excluding hydrogens is 352 g/mol. The normalized spacial score (nSPS) is 14.6. The molecule has 1 aliphatic rings. The molecule has 0 atom stereocenters. The maximum atomic E-state index is 12.5. The van der Waals surface area contributed by atoms with Gasteiger partial charge in [-0.1, -0.05) is 24.3 Å². The SMILES string of the molecule is N#Cc1ccc(CN2CCCN(C(=O)COc3ccccc3C#N)CC2)cc1. The van der Waals surface area contributed by atoms with Crippen LogP contribution in [-0.2, 0) is 11.3 Å². The predicted octanol–water partition coefficient (Wildman–Crippen LogP) is 2.54. The third kappa shape index (κ3) is 5.09. The molecule has 0 unspecified atom stereocenters. The molecule has 0 N–H and O–H groups in total. The maximum Gasteiger partial charge on any atom is 0.260 e. The molecule has 6 heteroatoms. The molecular formula is C22H22N4O2. The standard InChI is InChI=1S/C22H22N4O2/c23-14-18-6-8-19(9-7-18)16-25-10-3-11-26(13-12-25)22(27)17-28-21-5-2-1-4-20(21)15-24/h1-2,4-9H,3,10-13,16-17H2. The highest BCUT2D eigenvalue weighted by Gasteiger charge is 2.20. The highest BCUT2D eigenvalue weighted by atomic mass is 16.5. The third-order valence-corrected chi connectivity index (χ3v) is 4.79. The number of amides is 1. The van der Waals surface area contributed by atoms with Crippen molar-refractivity contribution in [2.45, 2.75) is 13.0 Å². The van der Waals surface area contributed by atoms with E-state index in [2.05, 4.69) is 17.0 Å². The minimum absolute atomic E-state index is 0.0612. The molecule has 0 spiro atoms. The van der Waals surface area contributed by atoms with Crippen LogP contribution in [0, 0.1) is 22.7 Å². The molecule has 1 amide bonds. The Bertz CT molecular complexity index is 896. The highest BCUT2D eigenvalue weighted by Crippen LogP contribution is 2.17. The van der Waals surface area contributed by atoms with Gasteiger partial charge in [-0.25, -0.2) is 0 Å². The van der Waals surface area contributed by atoms with Gasteiger partial charge in [-0.15, -0.1) is 0 Å². The second-order valence-electron chi connectivity index (χ2n) is 6.72. The van der Waals surface area contributed by atoms with Gasteiger partial charge in [0, 0.05) is 32.7 Å². The van der Waals surface area contributed by atoms with Gasteiger partial charge in [0.05, 0.1) is 17.2 Å². The first-order valence-electron chi connectivity index (χ1n) is 9.30. The molecule has 1 aliphatic heterocycles. The van der Waals surface area contributed by atoms with Gasteiger partial charge >= 0.3 is 0 Å². The zero-order valence-corrected chi connectivity index (χ0v) is 15.7. The van der Waals surface area contributed by atoms with Crippen LogP contribution in [0.2, 0.25) is 0 Å². The van der Waals surface area contributed by atoms with Crippen LogP contribution in [0.3, 0.4) is 0 Å². The molecule has 0 radical (unpaired) electrons. The van der Waals surface area contributed by atoms with E-state index in [0.717, 1.165) is 31.6 Å². The molecule has 0 saturated carbocycles. The Balaban J connectivity index is 1.50. The lowest BCUT2D eigenvalue weighted by molar-refractivity contribution is -0.133. The molecule has 28 heavy (non-hydrogen) atoms. The van der Waals surface area contributed by atoms with E-state index < -0.39 is 0 Å². The molecule has 1 heterocycles. The molecule has 142 valence electrons. The van der Waals surface area contributed by atoms with E-state index in [9.17, 15) is 4.79 Å². The number of benzene rings is 2. The summed E-state index contributed by atoms with van der Waals surface area (Å²) < 4.78 is 5.57. The van der Waals surface area contributed by atoms with E-state index in [0.29, 0.717) is 30.0 Å². The Hall–Kier alpha value is -3.35. The van der Waals surface area contributed by atoms with Crippen molar-refractivity contribution in [2.75, 3.05) is 32.8 Å². The van der Waals surface area contributed by atoms with Crippen molar-refractivity contribution >= 4 is 5.91 Å². The van der Waals surface area contributed by atoms with E-state index in [1.807, 2.05) is 29.2 Å². The van der Waals surface area contributed by atoms with E-state index in [-0.39, 0.29) is 12.5 Å². The van der Waals surface area contributed by atoms with Crippen molar-refractivity contribution in [3.05, 3.63) is 65.2 Å². The van der Waals surface area contributed by atoms with Crippen molar-refractivity contribution < 1.29 is 9.53 Å². The molecule has 0 aliphatic carbocycles. The topological polar surface area (TPSA) is 80.4 Å². The van der Waals surface area contributed by atoms with Crippen LogP contribution in [0.4, 0.5) is 0 Å². The monoisotopic (exact) mass is 374 g/mol. The average Bonchev–Trinajstić information content (AvgIpc) is 2.98. The van der Waals surface area contributed by atoms with Gasteiger partial charge < -0.3 is 9.64 Å². The lowest BCUT2D eigenvalue weighted by Gasteiger charge is -2.22. The largest absolute Gasteiger partial charge is 0.482 e. The quantitative estimate of drug-likeness (QED) is 0.803. The summed E-state index contributed by atoms with van der Waals surface area (Å²) in [6, 6.07) is 18.8. The van der Waals surface area contributed by atoms with Crippen LogP contribution in [0.15, 0.2) is 48.5 Å². The van der Waals surface area contributed by atoms with Crippen LogP contribution in [-0.4, -0.2) is 48.5 Å². The third-order valence-electron chi connectivity index (χ3n) is 4.79. The summed E-state index contributed by atoms with van der Waals surface area (Å²) in [7, 11) is 0. The first-order valence-corrected chi connectivity index (χ1v) is 9.30. The first kappa shape index (κ1) is 19.4. The van der Waals surface area contributed by atoms with E-state index in [1.54, 1.807) is 24.3 Å². The Morgan fingerprint density at radius 1 is 0.964 bits per heavy atom. The van der Waals surface area contributed by atoms with Crippen molar-refractivity contribution in [2.24, 2.45) is 0 Å². The summed E-state index contributed by atoms with van der Waals surface area (Å²) in [6.07, 6.45) is 0.900. The van der Waals surface area contributed by atoms with Gasteiger partial charge in [0.2, 0.25) is 0 Å². The summed E-state index contributed by atoms with van der Waals surface area (Å²) in [5.74, 6) is 0.378. The number of carbonyl (C=O) groups excluding carboxylic acids is 1. The van der Waals surface area contributed by atoms with E-state index in [1.165, 1.54) is 0 Å². The fourth-order valence-corrected chi connectivity index (χ4v) is 3.24. The van der Waals surface area contributed by atoms with Crippen LogP contribution in [0.25, 0.3) is 0 Å². The number of ether oxygens (including phenoxy) is 1. The van der Waals surface area contributed by atoms with Crippen LogP contribution >= 0.6 is 0 Å². The number of nitrogens with zero attached hydrogens (tertiary/aromatic N) is 4. The molecule has 1 saturated heterocycles. The Morgan fingerprint density at radius 3 is 2.50 bits per heavy atom. The zero-order valence-electron chi connectivity index (χ0n) is 15.7. The van der Waals surface area contributed by atoms with Gasteiger partial charge in [-0.2, -0.15) is 10.5 Å². The van der Waals surface area contributed by atoms with Crippen LogP contribution < -0.4 is 4.74 Å². The molecule has 3 rings (SSSR count). The summed E-state index contributed by atoms with van der Waals surface area (Å²) in [6.45, 7) is 3.81. The van der Waals surface area contributed by atoms with E-state index in [4.69, 9.17) is 15.3 Å². The minimum atomic E-state index is -0.0621. The Labute approximate surface area is 165 Å². The number of nitriles is 2. The molecule has 2 aromatic rings. The number of para-hydroxylation sites is 1. The summed E-state index contributed by atoms with van der Waals surface area (Å²) in [4.78, 5) is 16.7. The smallest absolute Gasteiger partial charge is 0.260 e. The maximum absolute atomic E-state index is 12.5. The fraction of sp³-hybridized carbons (Fsp3) is 0.318.